The number of amides is 1. The Morgan fingerprint density at radius 1 is 0.581 bits per heavy atom. The van der Waals surface area contributed by atoms with E-state index in [1.165, 1.54) is 70.6 Å². The summed E-state index contributed by atoms with van der Waals surface area (Å²) in [5.41, 5.74) is 0. The van der Waals surface area contributed by atoms with Crippen LogP contribution in [0.2, 0.25) is 0 Å². The van der Waals surface area contributed by atoms with E-state index in [0.717, 1.165) is 70.6 Å². The Balaban J connectivity index is 3.72. The third kappa shape index (κ3) is 31.3. The summed E-state index contributed by atoms with van der Waals surface area (Å²) in [6.07, 6.45) is 47.2. The first kappa shape index (κ1) is 41.1. The molecule has 1 amide bonds. The molecule has 0 aliphatic heterocycles. The van der Waals surface area contributed by atoms with E-state index in [0.29, 0.717) is 6.42 Å². The highest BCUT2D eigenvalue weighted by Gasteiger charge is 2.17. The molecule has 0 saturated heterocycles. The van der Waals surface area contributed by atoms with Gasteiger partial charge in [0.2, 0.25) is 5.91 Å². The molecule has 0 rings (SSSR count). The quantitative estimate of drug-likeness (QED) is 0.0548. The Hall–Kier alpha value is -1.91. The summed E-state index contributed by atoms with van der Waals surface area (Å²) in [5, 5.41) is 22.9. The van der Waals surface area contributed by atoms with Crippen molar-refractivity contribution in [2.24, 2.45) is 0 Å². The monoisotopic (exact) mass is 600 g/mol. The standard InChI is InChI=1S/C39H69NO3/c1-3-5-7-9-11-13-15-17-19-20-21-23-25-27-29-31-33-35-39(43)40-37(36-41)38(42)34-32-30-28-26-24-22-18-16-14-12-10-8-6-4-2/h5,7,11,13,17,19,21,23,32,34,37-38,41-42H,3-4,6,8-10,12,14-16,18,20,22,24-31,33,35-36H2,1-2H3,(H,40,43)/b7-5-,13-11-,19-17-,23-21-,34-32+. The van der Waals surface area contributed by atoms with Gasteiger partial charge in [-0.05, 0) is 57.8 Å². The maximum Gasteiger partial charge on any atom is 0.220 e. The molecule has 0 spiro atoms. The van der Waals surface area contributed by atoms with E-state index in [9.17, 15) is 15.0 Å². The van der Waals surface area contributed by atoms with Gasteiger partial charge in [-0.2, -0.15) is 0 Å². The van der Waals surface area contributed by atoms with Gasteiger partial charge in [0.25, 0.3) is 0 Å². The molecule has 4 nitrogen and oxygen atoms in total. The highest BCUT2D eigenvalue weighted by molar-refractivity contribution is 5.76. The Bertz CT molecular complexity index is 737. The smallest absolute Gasteiger partial charge is 0.220 e. The minimum atomic E-state index is -0.850. The lowest BCUT2D eigenvalue weighted by Gasteiger charge is -2.20. The second kappa shape index (κ2) is 34.6. The zero-order valence-electron chi connectivity index (χ0n) is 28.2. The van der Waals surface area contributed by atoms with Gasteiger partial charge in [0.15, 0.2) is 0 Å². The molecule has 43 heavy (non-hydrogen) atoms. The van der Waals surface area contributed by atoms with Crippen molar-refractivity contribution in [3.8, 4) is 0 Å². The number of hydrogen-bond donors (Lipinski definition) is 3. The molecule has 2 atom stereocenters. The zero-order chi connectivity index (χ0) is 31.5. The van der Waals surface area contributed by atoms with Crippen LogP contribution < -0.4 is 5.32 Å². The number of hydrogen-bond acceptors (Lipinski definition) is 3. The van der Waals surface area contributed by atoms with Gasteiger partial charge in [-0.25, -0.2) is 0 Å². The van der Waals surface area contributed by atoms with E-state index in [4.69, 9.17) is 0 Å². The van der Waals surface area contributed by atoms with E-state index >= 15 is 0 Å². The molecule has 0 aliphatic rings. The van der Waals surface area contributed by atoms with Crippen LogP contribution in [0.4, 0.5) is 0 Å². The molecule has 0 heterocycles. The largest absolute Gasteiger partial charge is 0.394 e. The molecule has 0 aliphatic carbocycles. The summed E-state index contributed by atoms with van der Waals surface area (Å²) in [4.78, 5) is 12.3. The first-order chi connectivity index (χ1) is 21.2. The summed E-state index contributed by atoms with van der Waals surface area (Å²) in [6, 6.07) is -0.635. The molecule has 0 radical (unpaired) electrons. The zero-order valence-corrected chi connectivity index (χ0v) is 28.2. The highest BCUT2D eigenvalue weighted by atomic mass is 16.3. The van der Waals surface area contributed by atoms with Crippen molar-refractivity contribution >= 4 is 5.91 Å². The molecule has 0 aromatic heterocycles. The van der Waals surface area contributed by atoms with E-state index in [-0.39, 0.29) is 12.5 Å². The summed E-state index contributed by atoms with van der Waals surface area (Å²) in [6.45, 7) is 4.16. The van der Waals surface area contributed by atoms with Crippen LogP contribution in [0, 0.1) is 0 Å². The Morgan fingerprint density at radius 3 is 1.53 bits per heavy atom. The van der Waals surface area contributed by atoms with Crippen LogP contribution in [0.1, 0.15) is 162 Å². The van der Waals surface area contributed by atoms with Gasteiger partial charge in [0, 0.05) is 6.42 Å². The third-order valence-electron chi connectivity index (χ3n) is 7.76. The number of aliphatic hydroxyl groups excluding tert-OH is 2. The van der Waals surface area contributed by atoms with Crippen LogP contribution in [0.5, 0.6) is 0 Å². The number of aliphatic hydroxyl groups is 2. The molecule has 0 aromatic rings. The minimum absolute atomic E-state index is 0.0913. The van der Waals surface area contributed by atoms with Gasteiger partial charge < -0.3 is 15.5 Å². The molecule has 0 fully saturated rings. The average molecular weight is 600 g/mol. The van der Waals surface area contributed by atoms with Crippen LogP contribution in [0.25, 0.3) is 0 Å². The molecular weight excluding hydrogens is 530 g/mol. The van der Waals surface area contributed by atoms with Gasteiger partial charge in [0.1, 0.15) is 0 Å². The van der Waals surface area contributed by atoms with E-state index in [1.54, 1.807) is 6.08 Å². The molecule has 3 N–H and O–H groups in total. The van der Waals surface area contributed by atoms with Crippen LogP contribution in [-0.4, -0.2) is 34.9 Å². The van der Waals surface area contributed by atoms with Crippen LogP contribution in [0.3, 0.4) is 0 Å². The van der Waals surface area contributed by atoms with Gasteiger partial charge in [-0.3, -0.25) is 4.79 Å². The van der Waals surface area contributed by atoms with Gasteiger partial charge >= 0.3 is 0 Å². The topological polar surface area (TPSA) is 69.6 Å². The van der Waals surface area contributed by atoms with Crippen molar-refractivity contribution in [1.29, 1.82) is 0 Å². The fourth-order valence-corrected chi connectivity index (χ4v) is 4.99. The first-order valence-electron chi connectivity index (χ1n) is 18.0. The fourth-order valence-electron chi connectivity index (χ4n) is 4.99. The van der Waals surface area contributed by atoms with Crippen molar-refractivity contribution in [2.75, 3.05) is 6.61 Å². The van der Waals surface area contributed by atoms with Gasteiger partial charge in [-0.15, -0.1) is 0 Å². The van der Waals surface area contributed by atoms with E-state index < -0.39 is 12.1 Å². The molecule has 2 unspecified atom stereocenters. The number of carbonyl (C=O) groups is 1. The Morgan fingerprint density at radius 2 is 1.02 bits per heavy atom. The molecule has 4 heteroatoms. The highest BCUT2D eigenvalue weighted by Crippen LogP contribution is 2.13. The average Bonchev–Trinajstić information content (AvgIpc) is 3.01. The van der Waals surface area contributed by atoms with Crippen molar-refractivity contribution in [3.05, 3.63) is 60.8 Å². The SMILES string of the molecule is CC/C=C\C/C=C\C/C=C\C/C=C\CCCCCCC(=O)NC(CO)C(O)/C=C/CCCCCCCCCCCCCC. The molecule has 0 bridgehead atoms. The molecular formula is C39H69NO3. The van der Waals surface area contributed by atoms with Crippen LogP contribution in [0.15, 0.2) is 60.8 Å². The normalized spacial score (nSPS) is 13.9. The van der Waals surface area contributed by atoms with E-state index in [2.05, 4.69) is 67.8 Å². The molecule has 0 aromatic carbocycles. The van der Waals surface area contributed by atoms with Crippen molar-refractivity contribution in [3.63, 3.8) is 0 Å². The van der Waals surface area contributed by atoms with Crippen molar-refractivity contribution in [1.82, 2.24) is 5.32 Å². The second-order valence-electron chi connectivity index (χ2n) is 11.9. The summed E-state index contributed by atoms with van der Waals surface area (Å²) < 4.78 is 0. The number of unbranched alkanes of at least 4 members (excludes halogenated alkanes) is 16. The molecule has 248 valence electrons. The lowest BCUT2D eigenvalue weighted by molar-refractivity contribution is -0.123. The van der Waals surface area contributed by atoms with Gasteiger partial charge in [0.05, 0.1) is 18.8 Å². The van der Waals surface area contributed by atoms with Crippen molar-refractivity contribution in [2.45, 2.75) is 174 Å². The van der Waals surface area contributed by atoms with Crippen LogP contribution in [-0.2, 0) is 4.79 Å². The lowest BCUT2D eigenvalue weighted by atomic mass is 10.0. The maximum atomic E-state index is 12.3. The Labute approximate surface area is 266 Å². The lowest BCUT2D eigenvalue weighted by Crippen LogP contribution is -2.45. The van der Waals surface area contributed by atoms with Gasteiger partial charge in [-0.1, -0.05) is 158 Å². The predicted octanol–water partition coefficient (Wildman–Crippen LogP) is 10.6. The second-order valence-corrected chi connectivity index (χ2v) is 11.9. The molecule has 0 saturated carbocycles. The summed E-state index contributed by atoms with van der Waals surface area (Å²) in [5.74, 6) is -0.0913. The maximum absolute atomic E-state index is 12.3. The number of allylic oxidation sites excluding steroid dienone is 9. The summed E-state index contributed by atoms with van der Waals surface area (Å²) >= 11 is 0. The van der Waals surface area contributed by atoms with Crippen molar-refractivity contribution < 1.29 is 15.0 Å². The number of nitrogens with one attached hydrogen (secondary N) is 1. The predicted molar refractivity (Wildman–Crippen MR) is 188 cm³/mol. The number of carbonyl (C=O) groups excluding carboxylic acids is 1. The number of rotatable bonds is 31. The third-order valence-corrected chi connectivity index (χ3v) is 7.76. The first-order valence-corrected chi connectivity index (χ1v) is 18.0. The minimum Gasteiger partial charge on any atom is -0.394 e. The van der Waals surface area contributed by atoms with E-state index in [1.807, 2.05) is 6.08 Å². The fraction of sp³-hybridized carbons (Fsp3) is 0.718. The summed E-state index contributed by atoms with van der Waals surface area (Å²) in [7, 11) is 0. The Kier molecular flexibility index (Phi) is 33.0. The van der Waals surface area contributed by atoms with Crippen LogP contribution >= 0.6 is 0 Å².